The maximum Gasteiger partial charge on any atom is 0.318 e. The van der Waals surface area contributed by atoms with Gasteiger partial charge in [-0.25, -0.2) is 4.79 Å². The molecule has 1 aromatic carbocycles. The quantitative estimate of drug-likeness (QED) is 0.671. The van der Waals surface area contributed by atoms with E-state index in [1.807, 2.05) is 39.1 Å². The smallest absolute Gasteiger partial charge is 0.318 e. The zero-order chi connectivity index (χ0) is 18.2. The number of hydrogen-bond acceptors (Lipinski definition) is 3. The Kier molecular flexibility index (Phi) is 4.24. The van der Waals surface area contributed by atoms with E-state index in [9.17, 15) is 14.9 Å². The third-order valence-electron chi connectivity index (χ3n) is 4.20. The average molecular weight is 342 g/mol. The van der Waals surface area contributed by atoms with Crippen molar-refractivity contribution in [1.29, 1.82) is 0 Å². The number of amides is 2. The molecular formula is C18H22N4O3. The van der Waals surface area contributed by atoms with Gasteiger partial charge in [0.1, 0.15) is 0 Å². The highest BCUT2D eigenvalue weighted by molar-refractivity contribution is 5.76. The Balaban J connectivity index is 1.98. The summed E-state index contributed by atoms with van der Waals surface area (Å²) in [6.07, 6.45) is 1.99. The molecule has 0 saturated heterocycles. The molecule has 1 aliphatic rings. The SMILES string of the molecule is CC(C)(C)NC(=O)N1CCn2cccc2[C@@H]1c1ccc([N+](=O)[O-])cc1. The van der Waals surface area contributed by atoms with E-state index in [0.29, 0.717) is 6.54 Å². The van der Waals surface area contributed by atoms with Gasteiger partial charge in [0, 0.05) is 42.7 Å². The molecule has 0 spiro atoms. The molecule has 1 aromatic heterocycles. The van der Waals surface area contributed by atoms with Gasteiger partial charge in [-0.1, -0.05) is 0 Å². The number of carbonyl (C=O) groups is 1. The van der Waals surface area contributed by atoms with E-state index in [1.54, 1.807) is 17.0 Å². The Morgan fingerprint density at radius 3 is 2.48 bits per heavy atom. The van der Waals surface area contributed by atoms with E-state index in [1.165, 1.54) is 12.1 Å². The van der Waals surface area contributed by atoms with Gasteiger partial charge < -0.3 is 14.8 Å². The van der Waals surface area contributed by atoms with Crippen LogP contribution in [0.4, 0.5) is 10.5 Å². The zero-order valence-electron chi connectivity index (χ0n) is 14.6. The fourth-order valence-corrected chi connectivity index (χ4v) is 3.12. The van der Waals surface area contributed by atoms with E-state index in [4.69, 9.17) is 0 Å². The van der Waals surface area contributed by atoms with Crippen LogP contribution in [-0.2, 0) is 6.54 Å². The highest BCUT2D eigenvalue weighted by atomic mass is 16.6. The van der Waals surface area contributed by atoms with Crippen molar-refractivity contribution in [3.05, 3.63) is 64.0 Å². The van der Waals surface area contributed by atoms with E-state index in [-0.39, 0.29) is 23.3 Å². The first kappa shape index (κ1) is 17.0. The summed E-state index contributed by atoms with van der Waals surface area (Å²) in [6, 6.07) is 9.96. The van der Waals surface area contributed by atoms with Crippen LogP contribution < -0.4 is 5.32 Å². The Bertz CT molecular complexity index is 789. The molecule has 0 unspecified atom stereocenters. The fraction of sp³-hybridized carbons (Fsp3) is 0.389. The summed E-state index contributed by atoms with van der Waals surface area (Å²) in [6.45, 7) is 7.13. The number of hydrogen-bond donors (Lipinski definition) is 1. The number of aromatic nitrogens is 1. The van der Waals surface area contributed by atoms with Gasteiger partial charge in [-0.15, -0.1) is 0 Å². The Morgan fingerprint density at radius 2 is 1.88 bits per heavy atom. The molecular weight excluding hydrogens is 320 g/mol. The van der Waals surface area contributed by atoms with Gasteiger partial charge in [-0.3, -0.25) is 10.1 Å². The van der Waals surface area contributed by atoms with E-state index in [2.05, 4.69) is 9.88 Å². The van der Waals surface area contributed by atoms with Gasteiger partial charge >= 0.3 is 6.03 Å². The maximum atomic E-state index is 12.8. The molecule has 7 heteroatoms. The summed E-state index contributed by atoms with van der Waals surface area (Å²) in [5, 5.41) is 13.9. The van der Waals surface area contributed by atoms with Gasteiger partial charge in [0.2, 0.25) is 0 Å². The second kappa shape index (κ2) is 6.23. The van der Waals surface area contributed by atoms with Gasteiger partial charge in [-0.2, -0.15) is 0 Å². The van der Waals surface area contributed by atoms with Gasteiger partial charge in [0.15, 0.2) is 0 Å². The van der Waals surface area contributed by atoms with Crippen LogP contribution in [0.2, 0.25) is 0 Å². The molecule has 1 N–H and O–H groups in total. The zero-order valence-corrected chi connectivity index (χ0v) is 14.6. The van der Waals surface area contributed by atoms with Crippen LogP contribution in [0, 0.1) is 10.1 Å². The lowest BCUT2D eigenvalue weighted by molar-refractivity contribution is -0.384. The van der Waals surface area contributed by atoms with Crippen molar-refractivity contribution in [3.63, 3.8) is 0 Å². The number of nitrogens with one attached hydrogen (secondary N) is 1. The highest BCUT2D eigenvalue weighted by Gasteiger charge is 2.33. The van der Waals surface area contributed by atoms with Crippen molar-refractivity contribution in [1.82, 2.24) is 14.8 Å². The molecule has 1 atom stereocenters. The number of non-ortho nitro benzene ring substituents is 1. The molecule has 0 aliphatic carbocycles. The monoisotopic (exact) mass is 342 g/mol. The minimum Gasteiger partial charge on any atom is -0.348 e. The predicted molar refractivity (Wildman–Crippen MR) is 94.4 cm³/mol. The third-order valence-corrected chi connectivity index (χ3v) is 4.20. The summed E-state index contributed by atoms with van der Waals surface area (Å²) >= 11 is 0. The molecule has 0 bridgehead atoms. The predicted octanol–water partition coefficient (Wildman–Crippen LogP) is 3.31. The van der Waals surface area contributed by atoms with E-state index >= 15 is 0 Å². The first-order valence-electron chi connectivity index (χ1n) is 8.24. The normalized spacial score (nSPS) is 17.1. The number of nitrogens with zero attached hydrogens (tertiary/aromatic N) is 3. The van der Waals surface area contributed by atoms with Crippen LogP contribution in [0.15, 0.2) is 42.6 Å². The van der Waals surface area contributed by atoms with E-state index in [0.717, 1.165) is 17.8 Å². The van der Waals surface area contributed by atoms with Crippen molar-refractivity contribution < 1.29 is 9.72 Å². The Hall–Kier alpha value is -2.83. The van der Waals surface area contributed by atoms with Crippen molar-refractivity contribution in [2.45, 2.75) is 38.9 Å². The summed E-state index contributed by atoms with van der Waals surface area (Å²) in [5.41, 5.74) is 1.57. The van der Waals surface area contributed by atoms with Crippen LogP contribution >= 0.6 is 0 Å². The molecule has 1 aliphatic heterocycles. The Labute approximate surface area is 146 Å². The van der Waals surface area contributed by atoms with Crippen molar-refractivity contribution in [2.75, 3.05) is 6.54 Å². The third kappa shape index (κ3) is 3.50. The lowest BCUT2D eigenvalue weighted by Crippen LogP contribution is -2.52. The maximum absolute atomic E-state index is 12.8. The van der Waals surface area contributed by atoms with Crippen molar-refractivity contribution >= 4 is 11.7 Å². The molecule has 0 saturated carbocycles. The average Bonchev–Trinajstić information content (AvgIpc) is 3.00. The molecule has 132 valence electrons. The second-order valence-electron chi connectivity index (χ2n) is 7.25. The number of rotatable bonds is 2. The first-order chi connectivity index (χ1) is 11.8. The van der Waals surface area contributed by atoms with Gasteiger partial charge in [0.25, 0.3) is 5.69 Å². The highest BCUT2D eigenvalue weighted by Crippen LogP contribution is 2.33. The summed E-state index contributed by atoms with van der Waals surface area (Å²) in [5.74, 6) is 0. The summed E-state index contributed by atoms with van der Waals surface area (Å²) < 4.78 is 2.12. The lowest BCUT2D eigenvalue weighted by Gasteiger charge is -2.38. The molecule has 0 radical (unpaired) electrons. The second-order valence-corrected chi connectivity index (χ2v) is 7.25. The van der Waals surface area contributed by atoms with Gasteiger partial charge in [-0.05, 0) is 50.6 Å². The number of nitro groups is 1. The molecule has 7 nitrogen and oxygen atoms in total. The first-order valence-corrected chi connectivity index (χ1v) is 8.24. The van der Waals surface area contributed by atoms with E-state index < -0.39 is 4.92 Å². The number of carbonyl (C=O) groups excluding carboxylic acids is 1. The number of fused-ring (bicyclic) bond motifs is 1. The van der Waals surface area contributed by atoms with Crippen molar-refractivity contribution in [2.24, 2.45) is 0 Å². The van der Waals surface area contributed by atoms with Crippen molar-refractivity contribution in [3.8, 4) is 0 Å². The van der Waals surface area contributed by atoms with Crippen LogP contribution in [-0.4, -0.2) is 32.5 Å². The van der Waals surface area contributed by atoms with Crippen LogP contribution in [0.3, 0.4) is 0 Å². The minimum absolute atomic E-state index is 0.0423. The van der Waals surface area contributed by atoms with Crippen LogP contribution in [0.1, 0.15) is 38.1 Å². The minimum atomic E-state index is -0.419. The number of benzene rings is 1. The molecule has 3 rings (SSSR count). The summed E-state index contributed by atoms with van der Waals surface area (Å²) in [7, 11) is 0. The fourth-order valence-electron chi connectivity index (χ4n) is 3.12. The van der Waals surface area contributed by atoms with Gasteiger partial charge in [0.05, 0.1) is 11.0 Å². The largest absolute Gasteiger partial charge is 0.348 e. The number of nitro benzene ring substituents is 1. The topological polar surface area (TPSA) is 80.4 Å². The molecule has 2 aromatic rings. The van der Waals surface area contributed by atoms with Crippen LogP contribution in [0.5, 0.6) is 0 Å². The Morgan fingerprint density at radius 1 is 1.20 bits per heavy atom. The molecule has 25 heavy (non-hydrogen) atoms. The standard InChI is InChI=1S/C18H22N4O3/c1-18(2,3)19-17(23)21-12-11-20-10-4-5-15(20)16(21)13-6-8-14(9-7-13)22(24)25/h4-10,16H,11-12H2,1-3H3,(H,19,23)/t16-/m0/s1. The lowest BCUT2D eigenvalue weighted by atomic mass is 9.99. The molecule has 0 fully saturated rings. The molecule has 2 amide bonds. The van der Waals surface area contributed by atoms with Crippen LogP contribution in [0.25, 0.3) is 0 Å². The molecule has 2 heterocycles. The number of urea groups is 1. The summed E-state index contributed by atoms with van der Waals surface area (Å²) in [4.78, 5) is 25.1.